The lowest BCUT2D eigenvalue weighted by Crippen LogP contribution is -2.56. The zero-order valence-corrected chi connectivity index (χ0v) is 20.0. The molecule has 0 aliphatic carbocycles. The van der Waals surface area contributed by atoms with Crippen molar-refractivity contribution in [1.82, 2.24) is 10.6 Å². The number of carboxylic acid groups (broad SMARTS) is 1. The zero-order valence-electron chi connectivity index (χ0n) is 16.9. The topological polar surface area (TPSA) is 109 Å². The summed E-state index contributed by atoms with van der Waals surface area (Å²) >= 11 is 23.2. The SMILES string of the molecule is COc1ccc(CC(=O)NC(NC(=S)Nc2cccc(C(=O)O)c2)C(Cl)(Cl)Cl)c(OC)c1. The second-order valence-corrected chi connectivity index (χ2v) is 9.16. The number of carboxylic acids is 1. The Hall–Kier alpha value is -2.46. The first-order valence-corrected chi connectivity index (χ1v) is 10.6. The molecule has 0 saturated carbocycles. The van der Waals surface area contributed by atoms with Crippen LogP contribution in [0.3, 0.4) is 0 Å². The average Bonchev–Trinajstić information content (AvgIpc) is 2.73. The predicted molar refractivity (Wildman–Crippen MR) is 128 cm³/mol. The number of thiocarbonyl (C=S) groups is 1. The minimum absolute atomic E-state index is 0.00573. The van der Waals surface area contributed by atoms with Gasteiger partial charge in [-0.15, -0.1) is 0 Å². The summed E-state index contributed by atoms with van der Waals surface area (Å²) in [6.45, 7) is 0. The molecule has 2 rings (SSSR count). The Morgan fingerprint density at radius 1 is 1.09 bits per heavy atom. The van der Waals surface area contributed by atoms with Crippen molar-refractivity contribution < 1.29 is 24.2 Å². The standard InChI is InChI=1S/C20H20Cl3N3O5S/c1-30-14-7-6-11(15(10-14)31-2)9-16(27)25-18(20(21,22)23)26-19(32)24-13-5-3-4-12(8-13)17(28)29/h3-8,10,18H,9H2,1-2H3,(H,25,27)(H,28,29)(H2,24,26,32). The van der Waals surface area contributed by atoms with Gasteiger partial charge >= 0.3 is 5.97 Å². The van der Waals surface area contributed by atoms with Gasteiger partial charge in [-0.25, -0.2) is 4.79 Å². The van der Waals surface area contributed by atoms with Crippen LogP contribution in [0, 0.1) is 0 Å². The Kier molecular flexibility index (Phi) is 9.21. The molecule has 12 heteroatoms. The molecular formula is C20H20Cl3N3O5S. The molecule has 8 nitrogen and oxygen atoms in total. The molecule has 0 bridgehead atoms. The van der Waals surface area contributed by atoms with Crippen molar-refractivity contribution in [3.63, 3.8) is 0 Å². The molecule has 2 aromatic rings. The van der Waals surface area contributed by atoms with E-state index >= 15 is 0 Å². The van der Waals surface area contributed by atoms with Crippen molar-refractivity contribution in [2.75, 3.05) is 19.5 Å². The number of carbonyl (C=O) groups excluding carboxylic acids is 1. The van der Waals surface area contributed by atoms with E-state index in [1.165, 1.54) is 26.4 Å². The number of methoxy groups -OCH3 is 2. The number of anilines is 1. The van der Waals surface area contributed by atoms with Crippen molar-refractivity contribution in [3.8, 4) is 11.5 Å². The fourth-order valence-electron chi connectivity index (χ4n) is 2.61. The molecule has 0 radical (unpaired) electrons. The van der Waals surface area contributed by atoms with Gasteiger partial charge in [0, 0.05) is 17.3 Å². The van der Waals surface area contributed by atoms with Crippen molar-refractivity contribution in [3.05, 3.63) is 53.6 Å². The molecule has 2 aromatic carbocycles. The van der Waals surface area contributed by atoms with Gasteiger partial charge < -0.3 is 30.5 Å². The number of amides is 1. The second kappa shape index (κ2) is 11.4. The quantitative estimate of drug-likeness (QED) is 0.237. The van der Waals surface area contributed by atoms with Crippen LogP contribution in [0.5, 0.6) is 11.5 Å². The van der Waals surface area contributed by atoms with Crippen LogP contribution in [0.25, 0.3) is 0 Å². The molecule has 172 valence electrons. The molecule has 1 atom stereocenters. The fraction of sp³-hybridized carbons (Fsp3) is 0.250. The van der Waals surface area contributed by atoms with E-state index in [1.54, 1.807) is 30.3 Å². The van der Waals surface area contributed by atoms with E-state index in [-0.39, 0.29) is 17.1 Å². The van der Waals surface area contributed by atoms with Crippen LogP contribution in [0.1, 0.15) is 15.9 Å². The number of rotatable bonds is 8. The van der Waals surface area contributed by atoms with Gasteiger partial charge in [0.15, 0.2) is 5.11 Å². The van der Waals surface area contributed by atoms with Crippen LogP contribution in [-0.4, -0.2) is 46.3 Å². The van der Waals surface area contributed by atoms with E-state index in [0.717, 1.165) is 0 Å². The normalized spacial score (nSPS) is 11.8. The van der Waals surface area contributed by atoms with Crippen LogP contribution in [-0.2, 0) is 11.2 Å². The molecule has 1 amide bonds. The number of hydrogen-bond donors (Lipinski definition) is 4. The molecule has 0 aromatic heterocycles. The van der Waals surface area contributed by atoms with Gasteiger partial charge in [-0.3, -0.25) is 4.79 Å². The summed E-state index contributed by atoms with van der Waals surface area (Å²) < 4.78 is 8.48. The van der Waals surface area contributed by atoms with Crippen molar-refractivity contribution >= 4 is 69.7 Å². The largest absolute Gasteiger partial charge is 0.497 e. The van der Waals surface area contributed by atoms with E-state index in [4.69, 9.17) is 61.6 Å². The highest BCUT2D eigenvalue weighted by molar-refractivity contribution is 7.80. The van der Waals surface area contributed by atoms with Gasteiger partial charge in [0.2, 0.25) is 9.70 Å². The molecule has 1 unspecified atom stereocenters. The van der Waals surface area contributed by atoms with Crippen molar-refractivity contribution in [2.45, 2.75) is 16.4 Å². The highest BCUT2D eigenvalue weighted by Gasteiger charge is 2.34. The Morgan fingerprint density at radius 2 is 1.81 bits per heavy atom. The second-order valence-electron chi connectivity index (χ2n) is 6.38. The van der Waals surface area contributed by atoms with E-state index in [0.29, 0.717) is 22.7 Å². The van der Waals surface area contributed by atoms with Gasteiger partial charge in [0.05, 0.1) is 26.2 Å². The van der Waals surface area contributed by atoms with E-state index in [2.05, 4.69) is 16.0 Å². The number of benzene rings is 2. The van der Waals surface area contributed by atoms with Crippen molar-refractivity contribution in [2.24, 2.45) is 0 Å². The number of hydrogen-bond acceptors (Lipinski definition) is 5. The Morgan fingerprint density at radius 3 is 2.41 bits per heavy atom. The lowest BCUT2D eigenvalue weighted by molar-refractivity contribution is -0.121. The number of halogens is 3. The molecule has 0 fully saturated rings. The molecule has 32 heavy (non-hydrogen) atoms. The Labute approximate surface area is 205 Å². The van der Waals surface area contributed by atoms with E-state index in [9.17, 15) is 9.59 Å². The highest BCUT2D eigenvalue weighted by Crippen LogP contribution is 2.30. The molecule has 4 N–H and O–H groups in total. The first-order chi connectivity index (χ1) is 15.0. The highest BCUT2D eigenvalue weighted by atomic mass is 35.6. The number of nitrogens with one attached hydrogen (secondary N) is 3. The molecule has 0 spiro atoms. The first-order valence-electron chi connectivity index (χ1n) is 9.01. The Balaban J connectivity index is 2.07. The van der Waals surface area contributed by atoms with Crippen LogP contribution < -0.4 is 25.4 Å². The monoisotopic (exact) mass is 519 g/mol. The van der Waals surface area contributed by atoms with Gasteiger partial charge in [-0.1, -0.05) is 46.9 Å². The minimum Gasteiger partial charge on any atom is -0.497 e. The summed E-state index contributed by atoms with van der Waals surface area (Å²) in [6.07, 6.45) is -1.25. The molecule has 0 aliphatic rings. The van der Waals surface area contributed by atoms with E-state index < -0.39 is 21.8 Å². The van der Waals surface area contributed by atoms with Crippen LogP contribution in [0.2, 0.25) is 0 Å². The van der Waals surface area contributed by atoms with Gasteiger partial charge in [0.1, 0.15) is 17.7 Å². The smallest absolute Gasteiger partial charge is 0.335 e. The number of alkyl halides is 3. The summed E-state index contributed by atoms with van der Waals surface area (Å²) in [4.78, 5) is 23.7. The first kappa shape index (κ1) is 25.8. The molecule has 0 saturated heterocycles. The van der Waals surface area contributed by atoms with Crippen LogP contribution in [0.4, 0.5) is 5.69 Å². The van der Waals surface area contributed by atoms with Crippen LogP contribution in [0.15, 0.2) is 42.5 Å². The molecule has 0 heterocycles. The van der Waals surface area contributed by atoms with Crippen LogP contribution >= 0.6 is 47.0 Å². The van der Waals surface area contributed by atoms with Crippen molar-refractivity contribution in [1.29, 1.82) is 0 Å². The molecule has 0 aliphatic heterocycles. The molecular weight excluding hydrogens is 501 g/mol. The third-order valence-corrected chi connectivity index (χ3v) is 5.00. The summed E-state index contributed by atoms with van der Waals surface area (Å²) in [5, 5.41) is 17.2. The summed E-state index contributed by atoms with van der Waals surface area (Å²) in [7, 11) is 3.00. The van der Waals surface area contributed by atoms with E-state index in [1.807, 2.05) is 0 Å². The van der Waals surface area contributed by atoms with Gasteiger partial charge in [-0.05, 0) is 36.5 Å². The minimum atomic E-state index is -1.95. The maximum absolute atomic E-state index is 12.6. The van der Waals surface area contributed by atoms with Gasteiger partial charge in [0.25, 0.3) is 0 Å². The average molecular weight is 521 g/mol. The summed E-state index contributed by atoms with van der Waals surface area (Å²) in [6, 6.07) is 11.0. The number of carbonyl (C=O) groups is 2. The fourth-order valence-corrected chi connectivity index (χ4v) is 3.17. The zero-order chi connectivity index (χ0) is 23.9. The number of ether oxygens (including phenoxy) is 2. The van der Waals surface area contributed by atoms with Gasteiger partial charge in [-0.2, -0.15) is 0 Å². The summed E-state index contributed by atoms with van der Waals surface area (Å²) in [5.41, 5.74) is 1.07. The maximum atomic E-state index is 12.6. The number of aromatic carboxylic acids is 1. The third-order valence-electron chi connectivity index (χ3n) is 4.12. The lowest BCUT2D eigenvalue weighted by atomic mass is 10.1. The maximum Gasteiger partial charge on any atom is 0.335 e. The predicted octanol–water partition coefficient (Wildman–Crippen LogP) is 3.74. The Bertz CT molecular complexity index is 1000. The lowest BCUT2D eigenvalue weighted by Gasteiger charge is -2.28. The third kappa shape index (κ3) is 7.59. The summed E-state index contributed by atoms with van der Waals surface area (Å²) in [5.74, 6) is -0.510.